The molecule has 154 valence electrons. The van der Waals surface area contributed by atoms with Crippen molar-refractivity contribution in [1.82, 2.24) is 5.32 Å². The summed E-state index contributed by atoms with van der Waals surface area (Å²) in [6.45, 7) is 10.3. The quantitative estimate of drug-likeness (QED) is 0.532. The molecule has 1 aliphatic rings. The monoisotopic (exact) mass is 404 g/mol. The zero-order chi connectivity index (χ0) is 20.9. The molecular weight excluding hydrogens is 372 g/mol. The number of hydrogen-bond donors (Lipinski definition) is 2. The van der Waals surface area contributed by atoms with Gasteiger partial charge in [0.15, 0.2) is 0 Å². The number of ether oxygens (including phenoxy) is 1. The average molecular weight is 405 g/mol. The van der Waals surface area contributed by atoms with Crippen molar-refractivity contribution >= 4 is 17.5 Å². The van der Waals surface area contributed by atoms with Gasteiger partial charge in [-0.3, -0.25) is 4.79 Å². The van der Waals surface area contributed by atoms with Crippen molar-refractivity contribution in [3.63, 3.8) is 0 Å². The van der Waals surface area contributed by atoms with E-state index in [2.05, 4.69) is 19.2 Å². The molecule has 1 unspecified atom stereocenters. The minimum atomic E-state index is -0.421. The van der Waals surface area contributed by atoms with Crippen LogP contribution in [0.1, 0.15) is 52.5 Å². The van der Waals surface area contributed by atoms with Crippen molar-refractivity contribution < 1.29 is 9.53 Å². The van der Waals surface area contributed by atoms with Crippen LogP contribution in [0.25, 0.3) is 0 Å². The fraction of sp³-hybridized carbons (Fsp3) is 0.435. The standard InChI is InChI=1S/C21H27ClN2O2.C2H6/c1-3-15(2)11-12-24-14-16-7-10-20(19(22)13-16)26-18-6-4-5-17(8-9-18)21(23)25;1-2/h4,6-10,13,15,24H,3,5,11-12,14H2,1-2H3,(H2,23,25);1-2H3. The summed E-state index contributed by atoms with van der Waals surface area (Å²) in [5, 5.41) is 4.00. The minimum Gasteiger partial charge on any atom is -0.456 e. The van der Waals surface area contributed by atoms with E-state index >= 15 is 0 Å². The van der Waals surface area contributed by atoms with Crippen LogP contribution in [0, 0.1) is 5.92 Å². The van der Waals surface area contributed by atoms with Crippen LogP contribution < -0.4 is 15.8 Å². The van der Waals surface area contributed by atoms with Crippen LogP contribution in [-0.2, 0) is 11.3 Å². The van der Waals surface area contributed by atoms with E-state index in [0.717, 1.165) is 24.6 Å². The number of nitrogens with two attached hydrogens (primary N) is 1. The molecule has 5 heteroatoms. The van der Waals surface area contributed by atoms with E-state index in [9.17, 15) is 4.79 Å². The second kappa shape index (κ2) is 13.2. The number of allylic oxidation sites excluding steroid dienone is 4. The van der Waals surface area contributed by atoms with Gasteiger partial charge in [-0.2, -0.15) is 0 Å². The Balaban J connectivity index is 0.00000190. The Hall–Kier alpha value is -2.04. The molecule has 0 radical (unpaired) electrons. The van der Waals surface area contributed by atoms with E-state index < -0.39 is 5.91 Å². The third-order valence-electron chi connectivity index (χ3n) is 4.45. The average Bonchev–Trinajstić information content (AvgIpc) is 2.94. The van der Waals surface area contributed by atoms with Crippen molar-refractivity contribution in [3.8, 4) is 5.75 Å². The summed E-state index contributed by atoms with van der Waals surface area (Å²) in [5.41, 5.74) is 6.98. The van der Waals surface area contributed by atoms with E-state index in [1.165, 1.54) is 12.8 Å². The summed E-state index contributed by atoms with van der Waals surface area (Å²) in [6, 6.07) is 5.79. The Morgan fingerprint density at radius 3 is 2.71 bits per heavy atom. The maximum Gasteiger partial charge on any atom is 0.244 e. The Morgan fingerprint density at radius 1 is 1.32 bits per heavy atom. The topological polar surface area (TPSA) is 64.3 Å². The van der Waals surface area contributed by atoms with Gasteiger partial charge >= 0.3 is 0 Å². The number of nitrogens with one attached hydrogen (secondary N) is 1. The van der Waals surface area contributed by atoms with Gasteiger partial charge in [-0.25, -0.2) is 0 Å². The molecule has 1 amide bonds. The zero-order valence-electron chi connectivity index (χ0n) is 17.4. The van der Waals surface area contributed by atoms with E-state index in [0.29, 0.717) is 28.5 Å². The van der Waals surface area contributed by atoms with E-state index in [1.54, 1.807) is 12.2 Å². The van der Waals surface area contributed by atoms with Crippen LogP contribution in [0.15, 0.2) is 53.8 Å². The van der Waals surface area contributed by atoms with Gasteiger partial charge in [0.2, 0.25) is 5.91 Å². The van der Waals surface area contributed by atoms with E-state index in [4.69, 9.17) is 22.1 Å². The maximum atomic E-state index is 11.2. The van der Waals surface area contributed by atoms with Crippen molar-refractivity contribution in [3.05, 3.63) is 64.4 Å². The predicted molar refractivity (Wildman–Crippen MR) is 118 cm³/mol. The number of hydrogen-bond acceptors (Lipinski definition) is 3. The van der Waals surface area contributed by atoms with Gasteiger partial charge in [0.25, 0.3) is 0 Å². The number of halogens is 1. The Morgan fingerprint density at radius 2 is 2.07 bits per heavy atom. The molecule has 0 aromatic heterocycles. The highest BCUT2D eigenvalue weighted by molar-refractivity contribution is 6.32. The zero-order valence-corrected chi connectivity index (χ0v) is 18.2. The molecule has 0 spiro atoms. The smallest absolute Gasteiger partial charge is 0.244 e. The van der Waals surface area contributed by atoms with Crippen LogP contribution in [0.2, 0.25) is 5.02 Å². The lowest BCUT2D eigenvalue weighted by molar-refractivity contribution is -0.114. The van der Waals surface area contributed by atoms with Crippen LogP contribution in [0.4, 0.5) is 0 Å². The number of carbonyl (C=O) groups excluding carboxylic acids is 1. The highest BCUT2D eigenvalue weighted by atomic mass is 35.5. The molecule has 3 N–H and O–H groups in total. The Bertz CT molecular complexity index is 723. The van der Waals surface area contributed by atoms with Gasteiger partial charge in [0.1, 0.15) is 11.5 Å². The molecule has 4 nitrogen and oxygen atoms in total. The number of rotatable bonds is 9. The molecule has 0 fully saturated rings. The van der Waals surface area contributed by atoms with Crippen LogP contribution in [0.5, 0.6) is 5.75 Å². The number of amides is 1. The normalized spacial score (nSPS) is 14.2. The Labute approximate surface area is 174 Å². The molecule has 0 saturated heterocycles. The SMILES string of the molecule is CC.CCC(C)CCNCc1ccc(OC2=CC=C(C(N)=O)CC=C2)c(Cl)c1. The van der Waals surface area contributed by atoms with Gasteiger partial charge in [-0.1, -0.05) is 57.9 Å². The van der Waals surface area contributed by atoms with E-state index in [-0.39, 0.29) is 0 Å². The predicted octanol–water partition coefficient (Wildman–Crippen LogP) is 5.53. The third kappa shape index (κ3) is 8.32. The fourth-order valence-electron chi connectivity index (χ4n) is 2.51. The molecular formula is C23H33ClN2O2. The second-order valence-corrected chi connectivity index (χ2v) is 6.98. The van der Waals surface area contributed by atoms with Gasteiger partial charge < -0.3 is 15.8 Å². The molecule has 2 rings (SSSR count). The number of benzene rings is 1. The molecule has 0 aliphatic heterocycles. The molecule has 0 bridgehead atoms. The van der Waals surface area contributed by atoms with Gasteiger partial charge in [0, 0.05) is 12.1 Å². The molecule has 28 heavy (non-hydrogen) atoms. The molecule has 0 heterocycles. The van der Waals surface area contributed by atoms with Gasteiger partial charge in [-0.05, 0) is 61.2 Å². The van der Waals surface area contributed by atoms with Gasteiger partial charge in [-0.15, -0.1) is 0 Å². The molecule has 1 aromatic carbocycles. The molecule has 0 saturated carbocycles. The van der Waals surface area contributed by atoms with E-state index in [1.807, 2.05) is 44.2 Å². The first-order chi connectivity index (χ1) is 13.5. The van der Waals surface area contributed by atoms with Crippen LogP contribution in [0.3, 0.4) is 0 Å². The summed E-state index contributed by atoms with van der Waals surface area (Å²) in [4.78, 5) is 11.2. The fourth-order valence-corrected chi connectivity index (χ4v) is 2.75. The number of primary amides is 1. The summed E-state index contributed by atoms with van der Waals surface area (Å²) in [6.07, 6.45) is 9.94. The lowest BCUT2D eigenvalue weighted by Crippen LogP contribution is -2.16. The Kier molecular flexibility index (Phi) is 11.3. The molecule has 1 atom stereocenters. The van der Waals surface area contributed by atoms with Crippen molar-refractivity contribution in [2.45, 2.75) is 53.5 Å². The highest BCUT2D eigenvalue weighted by Crippen LogP contribution is 2.28. The van der Waals surface area contributed by atoms with Crippen LogP contribution in [-0.4, -0.2) is 12.5 Å². The first kappa shape index (κ1) is 24.0. The number of carbonyl (C=O) groups is 1. The highest BCUT2D eigenvalue weighted by Gasteiger charge is 2.08. The van der Waals surface area contributed by atoms with Crippen molar-refractivity contribution in [2.75, 3.05) is 6.54 Å². The first-order valence-corrected chi connectivity index (χ1v) is 10.4. The summed E-state index contributed by atoms with van der Waals surface area (Å²) in [5.74, 6) is 1.52. The van der Waals surface area contributed by atoms with Crippen molar-refractivity contribution in [1.29, 1.82) is 0 Å². The summed E-state index contributed by atoms with van der Waals surface area (Å²) >= 11 is 6.36. The van der Waals surface area contributed by atoms with Gasteiger partial charge in [0.05, 0.1) is 5.02 Å². The largest absolute Gasteiger partial charge is 0.456 e. The summed E-state index contributed by atoms with van der Waals surface area (Å²) in [7, 11) is 0. The molecule has 1 aliphatic carbocycles. The second-order valence-electron chi connectivity index (χ2n) is 6.58. The summed E-state index contributed by atoms with van der Waals surface area (Å²) < 4.78 is 5.85. The third-order valence-corrected chi connectivity index (χ3v) is 4.74. The lowest BCUT2D eigenvalue weighted by Gasteiger charge is -2.11. The maximum absolute atomic E-state index is 11.2. The molecule has 1 aromatic rings. The van der Waals surface area contributed by atoms with Crippen molar-refractivity contribution in [2.24, 2.45) is 11.7 Å². The minimum absolute atomic E-state index is 0.421. The lowest BCUT2D eigenvalue weighted by atomic mass is 10.1. The van der Waals surface area contributed by atoms with Crippen LogP contribution >= 0.6 is 11.6 Å². The first-order valence-electron chi connectivity index (χ1n) is 10.0.